The van der Waals surface area contributed by atoms with Crippen LogP contribution in [0, 0.1) is 5.92 Å². The molecule has 1 amide bonds. The summed E-state index contributed by atoms with van der Waals surface area (Å²) in [6.07, 6.45) is 5.39. The van der Waals surface area contributed by atoms with E-state index >= 15 is 0 Å². The van der Waals surface area contributed by atoms with Crippen LogP contribution in [0.25, 0.3) is 0 Å². The number of fused-ring (bicyclic) bond motifs is 1. The van der Waals surface area contributed by atoms with Crippen molar-refractivity contribution >= 4 is 16.1 Å². The van der Waals surface area contributed by atoms with Gasteiger partial charge in [0.05, 0.1) is 11.9 Å². The van der Waals surface area contributed by atoms with Crippen LogP contribution in [-0.4, -0.2) is 59.8 Å². The zero-order valence-corrected chi connectivity index (χ0v) is 18.1. The van der Waals surface area contributed by atoms with E-state index in [1.165, 1.54) is 15.5 Å². The first-order chi connectivity index (χ1) is 13.6. The summed E-state index contributed by atoms with van der Waals surface area (Å²) in [5.74, 6) is 0.520. The molecule has 1 atom stereocenters. The molecule has 29 heavy (non-hydrogen) atoms. The second-order valence-corrected chi connectivity index (χ2v) is 10.7. The van der Waals surface area contributed by atoms with E-state index < -0.39 is 21.7 Å². The van der Waals surface area contributed by atoms with Crippen molar-refractivity contribution in [2.45, 2.75) is 57.6 Å². The van der Waals surface area contributed by atoms with Gasteiger partial charge in [-0.25, -0.2) is 13.2 Å². The zero-order valence-electron chi connectivity index (χ0n) is 17.3. The molecule has 1 fully saturated rings. The Labute approximate surface area is 173 Å². The van der Waals surface area contributed by atoms with Crippen LogP contribution in [0.2, 0.25) is 0 Å². The van der Waals surface area contributed by atoms with Crippen molar-refractivity contribution in [1.29, 1.82) is 0 Å². The Kier molecular flexibility index (Phi) is 6.55. The molecule has 162 valence electrons. The standard InChI is InChI=1S/C21H32N2O5S/c1-21(26,10-3-4-16-7-11-22(12-8-16)20(24)25)19-6-5-18-15-23(29(2,27)28)13-9-17(18)14-19/h5-6,14,16,26H,3-4,7-13,15H2,1-2H3,(H,24,25). The van der Waals surface area contributed by atoms with Crippen molar-refractivity contribution in [2.75, 3.05) is 25.9 Å². The highest BCUT2D eigenvalue weighted by atomic mass is 32.2. The quantitative estimate of drug-likeness (QED) is 0.732. The monoisotopic (exact) mass is 424 g/mol. The van der Waals surface area contributed by atoms with Crippen LogP contribution in [0.5, 0.6) is 0 Å². The molecule has 2 N–H and O–H groups in total. The van der Waals surface area contributed by atoms with Gasteiger partial charge in [0, 0.05) is 26.2 Å². The molecule has 0 saturated carbocycles. The Morgan fingerprint density at radius 2 is 1.90 bits per heavy atom. The van der Waals surface area contributed by atoms with E-state index in [1.807, 2.05) is 25.1 Å². The fraction of sp³-hybridized carbons (Fsp3) is 0.667. The third kappa shape index (κ3) is 5.49. The molecule has 7 nitrogen and oxygen atoms in total. The topological polar surface area (TPSA) is 98.1 Å². The minimum Gasteiger partial charge on any atom is -0.465 e. The van der Waals surface area contributed by atoms with E-state index in [9.17, 15) is 18.3 Å². The Morgan fingerprint density at radius 3 is 2.52 bits per heavy atom. The van der Waals surface area contributed by atoms with E-state index in [0.29, 0.717) is 44.9 Å². The van der Waals surface area contributed by atoms with Gasteiger partial charge in [0.1, 0.15) is 0 Å². The highest BCUT2D eigenvalue weighted by Gasteiger charge is 2.28. The minimum absolute atomic E-state index is 0.394. The van der Waals surface area contributed by atoms with Gasteiger partial charge in [-0.15, -0.1) is 0 Å². The summed E-state index contributed by atoms with van der Waals surface area (Å²) in [5, 5.41) is 20.1. The van der Waals surface area contributed by atoms with Crippen LogP contribution in [0.15, 0.2) is 18.2 Å². The lowest BCUT2D eigenvalue weighted by Gasteiger charge is -2.31. The number of likely N-dealkylation sites (tertiary alicyclic amines) is 1. The number of amides is 1. The largest absolute Gasteiger partial charge is 0.465 e. The molecule has 0 bridgehead atoms. The number of hydrogen-bond donors (Lipinski definition) is 2. The van der Waals surface area contributed by atoms with Gasteiger partial charge in [-0.05, 0) is 61.6 Å². The average molecular weight is 425 g/mol. The smallest absolute Gasteiger partial charge is 0.407 e. The summed E-state index contributed by atoms with van der Waals surface area (Å²) < 4.78 is 25.0. The molecule has 1 unspecified atom stereocenters. The number of sulfonamides is 1. The second kappa shape index (κ2) is 8.62. The van der Waals surface area contributed by atoms with Gasteiger partial charge >= 0.3 is 6.09 Å². The number of piperidine rings is 1. The number of carbonyl (C=O) groups is 1. The number of aliphatic hydroxyl groups is 1. The normalized spacial score (nSPS) is 20.9. The van der Waals surface area contributed by atoms with Crippen LogP contribution in [-0.2, 0) is 28.6 Å². The Balaban J connectivity index is 1.54. The maximum atomic E-state index is 11.8. The lowest BCUT2D eigenvalue weighted by molar-refractivity contribution is 0.0424. The van der Waals surface area contributed by atoms with Crippen molar-refractivity contribution in [3.05, 3.63) is 34.9 Å². The number of hydrogen-bond acceptors (Lipinski definition) is 4. The number of carboxylic acid groups (broad SMARTS) is 1. The zero-order chi connectivity index (χ0) is 21.2. The van der Waals surface area contributed by atoms with Crippen molar-refractivity contribution < 1.29 is 23.4 Å². The first-order valence-electron chi connectivity index (χ1n) is 10.3. The Hall–Kier alpha value is -1.64. The van der Waals surface area contributed by atoms with E-state index in [0.717, 1.165) is 42.4 Å². The van der Waals surface area contributed by atoms with Gasteiger partial charge in [-0.1, -0.05) is 24.6 Å². The Bertz CT molecular complexity index is 845. The molecule has 3 rings (SSSR count). The third-order valence-corrected chi connectivity index (χ3v) is 7.69. The summed E-state index contributed by atoms with van der Waals surface area (Å²) in [6.45, 7) is 3.92. The summed E-state index contributed by atoms with van der Waals surface area (Å²) in [5.41, 5.74) is 2.07. The molecule has 0 aliphatic carbocycles. The van der Waals surface area contributed by atoms with Crippen molar-refractivity contribution in [1.82, 2.24) is 9.21 Å². The molecular formula is C21H32N2O5S. The highest BCUT2D eigenvalue weighted by molar-refractivity contribution is 7.88. The summed E-state index contributed by atoms with van der Waals surface area (Å²) in [7, 11) is -3.19. The van der Waals surface area contributed by atoms with Crippen LogP contribution in [0.4, 0.5) is 4.79 Å². The van der Waals surface area contributed by atoms with Crippen molar-refractivity contribution in [3.63, 3.8) is 0 Å². The lowest BCUT2D eigenvalue weighted by atomic mass is 9.84. The predicted molar refractivity (Wildman–Crippen MR) is 111 cm³/mol. The summed E-state index contributed by atoms with van der Waals surface area (Å²) in [6, 6.07) is 5.88. The first kappa shape index (κ1) is 22.1. The van der Waals surface area contributed by atoms with E-state index in [2.05, 4.69) is 0 Å². The molecule has 2 aliphatic heterocycles. The maximum absolute atomic E-state index is 11.8. The highest BCUT2D eigenvalue weighted by Crippen LogP contribution is 2.32. The van der Waals surface area contributed by atoms with Gasteiger partial charge < -0.3 is 15.1 Å². The lowest BCUT2D eigenvalue weighted by Crippen LogP contribution is -2.37. The summed E-state index contributed by atoms with van der Waals surface area (Å²) >= 11 is 0. The number of nitrogens with zero attached hydrogens (tertiary/aromatic N) is 2. The van der Waals surface area contributed by atoms with Crippen LogP contribution in [0.1, 0.15) is 55.7 Å². The second-order valence-electron chi connectivity index (χ2n) is 8.71. The Morgan fingerprint density at radius 1 is 1.21 bits per heavy atom. The molecule has 1 aromatic carbocycles. The van der Waals surface area contributed by atoms with Gasteiger partial charge in [0.25, 0.3) is 0 Å². The van der Waals surface area contributed by atoms with Gasteiger partial charge in [0.2, 0.25) is 10.0 Å². The van der Waals surface area contributed by atoms with Crippen LogP contribution in [0.3, 0.4) is 0 Å². The molecule has 2 aliphatic rings. The maximum Gasteiger partial charge on any atom is 0.407 e. The SMILES string of the molecule is CC(O)(CCCC1CCN(C(=O)O)CC1)c1ccc2c(c1)CCN(S(C)(=O)=O)C2. The summed E-state index contributed by atoms with van der Waals surface area (Å²) in [4.78, 5) is 12.5. The number of rotatable bonds is 6. The van der Waals surface area contributed by atoms with Gasteiger partial charge in [-0.2, -0.15) is 4.31 Å². The fourth-order valence-corrected chi connectivity index (χ4v) is 5.23. The number of benzene rings is 1. The molecule has 2 heterocycles. The van der Waals surface area contributed by atoms with Crippen molar-refractivity contribution in [2.24, 2.45) is 5.92 Å². The molecule has 8 heteroatoms. The molecule has 0 aromatic heterocycles. The molecule has 1 saturated heterocycles. The van der Waals surface area contributed by atoms with E-state index in [-0.39, 0.29) is 0 Å². The minimum atomic E-state index is -3.19. The van der Waals surface area contributed by atoms with Crippen molar-refractivity contribution in [3.8, 4) is 0 Å². The molecule has 1 aromatic rings. The van der Waals surface area contributed by atoms with Crippen LogP contribution < -0.4 is 0 Å². The van der Waals surface area contributed by atoms with Gasteiger partial charge in [-0.3, -0.25) is 0 Å². The molecule has 0 radical (unpaired) electrons. The van der Waals surface area contributed by atoms with E-state index in [4.69, 9.17) is 5.11 Å². The molecular weight excluding hydrogens is 392 g/mol. The fourth-order valence-electron chi connectivity index (χ4n) is 4.44. The third-order valence-electron chi connectivity index (χ3n) is 6.44. The average Bonchev–Trinajstić information content (AvgIpc) is 2.66. The predicted octanol–water partition coefficient (Wildman–Crippen LogP) is 2.77. The van der Waals surface area contributed by atoms with Gasteiger partial charge in [0.15, 0.2) is 0 Å². The van der Waals surface area contributed by atoms with Crippen LogP contribution >= 0.6 is 0 Å². The first-order valence-corrected chi connectivity index (χ1v) is 12.2. The van der Waals surface area contributed by atoms with E-state index in [1.54, 1.807) is 0 Å². The molecule has 0 spiro atoms.